The summed E-state index contributed by atoms with van der Waals surface area (Å²) >= 11 is 0. The summed E-state index contributed by atoms with van der Waals surface area (Å²) in [6.45, 7) is 13.3. The quantitative estimate of drug-likeness (QED) is 0.778. The van der Waals surface area contributed by atoms with E-state index >= 15 is 0 Å². The summed E-state index contributed by atoms with van der Waals surface area (Å²) < 4.78 is 0. The summed E-state index contributed by atoms with van der Waals surface area (Å²) in [6.07, 6.45) is 0. The second-order valence-electron chi connectivity index (χ2n) is 6.13. The molecule has 1 rings (SSSR count). The van der Waals surface area contributed by atoms with Crippen LogP contribution >= 0.6 is 0 Å². The highest BCUT2D eigenvalue weighted by Gasteiger charge is 2.29. The largest absolute Gasteiger partial charge is 0.508 e. The van der Waals surface area contributed by atoms with Crippen LogP contribution in [0.3, 0.4) is 0 Å². The molecule has 0 fully saturated rings. The van der Waals surface area contributed by atoms with Gasteiger partial charge in [-0.15, -0.1) is 0 Å². The van der Waals surface area contributed by atoms with Crippen LogP contribution in [0.15, 0.2) is 18.2 Å². The monoisotopic (exact) mass is 220 g/mol. The van der Waals surface area contributed by atoms with E-state index in [1.807, 2.05) is 13.0 Å². The Hall–Kier alpha value is -0.980. The smallest absolute Gasteiger partial charge is 0.118 e. The molecule has 16 heavy (non-hydrogen) atoms. The van der Waals surface area contributed by atoms with Crippen molar-refractivity contribution < 1.29 is 5.11 Å². The molecule has 0 aliphatic carbocycles. The zero-order valence-corrected chi connectivity index (χ0v) is 11.3. The third-order valence-electron chi connectivity index (χ3n) is 3.18. The average molecular weight is 220 g/mol. The molecule has 0 saturated carbocycles. The summed E-state index contributed by atoms with van der Waals surface area (Å²) in [4.78, 5) is 0. The molecule has 0 heterocycles. The van der Waals surface area contributed by atoms with Gasteiger partial charge in [0.05, 0.1) is 0 Å². The van der Waals surface area contributed by atoms with Crippen molar-refractivity contribution in [3.8, 4) is 5.75 Å². The number of hydrogen-bond acceptors (Lipinski definition) is 1. The Balaban J connectivity index is 3.17. The Morgan fingerprint density at radius 3 is 2.06 bits per heavy atom. The van der Waals surface area contributed by atoms with E-state index in [1.54, 1.807) is 0 Å². The molecule has 0 saturated heterocycles. The van der Waals surface area contributed by atoms with E-state index < -0.39 is 0 Å². The number of phenols is 1. The van der Waals surface area contributed by atoms with E-state index in [0.29, 0.717) is 17.6 Å². The van der Waals surface area contributed by atoms with Crippen molar-refractivity contribution in [1.29, 1.82) is 0 Å². The van der Waals surface area contributed by atoms with Crippen LogP contribution in [0.4, 0.5) is 0 Å². The number of aryl methyl sites for hydroxylation is 1. The highest BCUT2D eigenvalue weighted by atomic mass is 16.3. The lowest BCUT2D eigenvalue weighted by atomic mass is 9.70. The van der Waals surface area contributed by atoms with Gasteiger partial charge in [-0.25, -0.2) is 0 Å². The van der Waals surface area contributed by atoms with Crippen LogP contribution in [0.2, 0.25) is 0 Å². The molecule has 1 N–H and O–H groups in total. The fraction of sp³-hybridized carbons (Fsp3) is 0.600. The molecule has 1 aromatic carbocycles. The van der Waals surface area contributed by atoms with Crippen LogP contribution < -0.4 is 0 Å². The molecule has 0 amide bonds. The average Bonchev–Trinajstić information content (AvgIpc) is 2.08. The van der Waals surface area contributed by atoms with Gasteiger partial charge in [0.25, 0.3) is 0 Å². The molecule has 1 heteroatoms. The van der Waals surface area contributed by atoms with Crippen molar-refractivity contribution in [2.24, 2.45) is 11.3 Å². The topological polar surface area (TPSA) is 20.2 Å². The molecule has 0 aromatic heterocycles. The van der Waals surface area contributed by atoms with Gasteiger partial charge in [-0.3, -0.25) is 0 Å². The van der Waals surface area contributed by atoms with Gasteiger partial charge in [0.15, 0.2) is 0 Å². The Labute approximate surface area is 99.5 Å². The maximum absolute atomic E-state index is 9.57. The van der Waals surface area contributed by atoms with Gasteiger partial charge >= 0.3 is 0 Å². The fourth-order valence-electron chi connectivity index (χ4n) is 2.76. The number of benzene rings is 1. The maximum atomic E-state index is 9.57. The molecular weight excluding hydrogens is 196 g/mol. The lowest BCUT2D eigenvalue weighted by Gasteiger charge is -2.34. The number of rotatable bonds is 2. The normalized spacial score (nSPS) is 14.2. The van der Waals surface area contributed by atoms with Crippen LogP contribution in [-0.4, -0.2) is 5.11 Å². The highest BCUT2D eigenvalue weighted by molar-refractivity contribution is 5.37. The van der Waals surface area contributed by atoms with Gasteiger partial charge in [0, 0.05) is 0 Å². The standard InChI is InChI=1S/C15H24O/c1-10(2)14(15(4,5)6)12-7-8-13(16)11(3)9-12/h7-10,14,16H,1-6H3. The molecule has 0 aliphatic heterocycles. The van der Waals surface area contributed by atoms with E-state index in [9.17, 15) is 5.11 Å². The molecule has 90 valence electrons. The molecule has 1 atom stereocenters. The van der Waals surface area contributed by atoms with Gasteiger partial charge in [-0.05, 0) is 41.4 Å². The summed E-state index contributed by atoms with van der Waals surface area (Å²) in [5, 5.41) is 9.57. The second kappa shape index (κ2) is 4.48. The van der Waals surface area contributed by atoms with Gasteiger partial charge in [-0.2, -0.15) is 0 Å². The Bertz CT molecular complexity index is 358. The van der Waals surface area contributed by atoms with E-state index in [-0.39, 0.29) is 5.41 Å². The minimum atomic E-state index is 0.248. The first-order valence-corrected chi connectivity index (χ1v) is 6.03. The molecule has 1 aromatic rings. The van der Waals surface area contributed by atoms with Crippen LogP contribution in [0, 0.1) is 18.3 Å². The van der Waals surface area contributed by atoms with Crippen molar-refractivity contribution in [2.75, 3.05) is 0 Å². The lowest BCUT2D eigenvalue weighted by molar-refractivity contribution is 0.258. The SMILES string of the molecule is Cc1cc(C(C(C)C)C(C)(C)C)ccc1O. The molecule has 0 aliphatic rings. The zero-order chi connectivity index (χ0) is 12.5. The Kier molecular flexibility index (Phi) is 3.67. The summed E-state index contributed by atoms with van der Waals surface area (Å²) in [5.74, 6) is 1.51. The number of phenolic OH excluding ortho intramolecular Hbond substituents is 1. The summed E-state index contributed by atoms with van der Waals surface area (Å²) in [5.41, 5.74) is 2.54. The molecule has 0 spiro atoms. The minimum absolute atomic E-state index is 0.248. The van der Waals surface area contributed by atoms with Crippen molar-refractivity contribution in [1.82, 2.24) is 0 Å². The predicted octanol–water partition coefficient (Wildman–Crippen LogP) is 4.49. The first-order valence-electron chi connectivity index (χ1n) is 6.03. The minimum Gasteiger partial charge on any atom is -0.508 e. The highest BCUT2D eigenvalue weighted by Crippen LogP contribution is 2.41. The number of hydrogen-bond donors (Lipinski definition) is 1. The molecule has 1 nitrogen and oxygen atoms in total. The first kappa shape index (κ1) is 13.1. The Morgan fingerprint density at radius 1 is 1.12 bits per heavy atom. The fourth-order valence-corrected chi connectivity index (χ4v) is 2.76. The summed E-state index contributed by atoms with van der Waals surface area (Å²) in [6, 6.07) is 5.98. The van der Waals surface area contributed by atoms with Gasteiger partial charge < -0.3 is 5.11 Å². The van der Waals surface area contributed by atoms with Gasteiger partial charge in [0.2, 0.25) is 0 Å². The predicted molar refractivity (Wildman–Crippen MR) is 69.9 cm³/mol. The van der Waals surface area contributed by atoms with E-state index in [1.165, 1.54) is 5.56 Å². The number of aromatic hydroxyl groups is 1. The maximum Gasteiger partial charge on any atom is 0.118 e. The first-order chi connectivity index (χ1) is 7.23. The Morgan fingerprint density at radius 2 is 1.69 bits per heavy atom. The molecule has 0 bridgehead atoms. The third-order valence-corrected chi connectivity index (χ3v) is 3.18. The van der Waals surface area contributed by atoms with Crippen LogP contribution in [0.1, 0.15) is 51.7 Å². The molecular formula is C15H24O. The van der Waals surface area contributed by atoms with Crippen LogP contribution in [-0.2, 0) is 0 Å². The van der Waals surface area contributed by atoms with Crippen molar-refractivity contribution >= 4 is 0 Å². The summed E-state index contributed by atoms with van der Waals surface area (Å²) in [7, 11) is 0. The van der Waals surface area contributed by atoms with E-state index in [4.69, 9.17) is 0 Å². The van der Waals surface area contributed by atoms with Crippen LogP contribution in [0.5, 0.6) is 5.75 Å². The van der Waals surface area contributed by atoms with Crippen molar-refractivity contribution in [2.45, 2.75) is 47.5 Å². The van der Waals surface area contributed by atoms with E-state index in [2.05, 4.69) is 46.8 Å². The van der Waals surface area contributed by atoms with Crippen molar-refractivity contribution in [3.63, 3.8) is 0 Å². The van der Waals surface area contributed by atoms with E-state index in [0.717, 1.165) is 5.56 Å². The third kappa shape index (κ3) is 2.78. The van der Waals surface area contributed by atoms with Crippen molar-refractivity contribution in [3.05, 3.63) is 29.3 Å². The molecule has 1 unspecified atom stereocenters. The van der Waals surface area contributed by atoms with Gasteiger partial charge in [0.1, 0.15) is 5.75 Å². The lowest BCUT2D eigenvalue weighted by Crippen LogP contribution is -2.23. The molecule has 0 radical (unpaired) electrons. The van der Waals surface area contributed by atoms with Crippen LogP contribution in [0.25, 0.3) is 0 Å². The second-order valence-corrected chi connectivity index (χ2v) is 6.13. The van der Waals surface area contributed by atoms with Gasteiger partial charge in [-0.1, -0.05) is 46.8 Å². The zero-order valence-electron chi connectivity index (χ0n) is 11.3.